The summed E-state index contributed by atoms with van der Waals surface area (Å²) in [6.45, 7) is 0.557. The van der Waals surface area contributed by atoms with E-state index in [1.54, 1.807) is 12.1 Å². The molecule has 74 valence electrons. The molecule has 2 rings (SSSR count). The Morgan fingerprint density at radius 2 is 2.14 bits per heavy atom. The molecule has 0 aromatic heterocycles. The van der Waals surface area contributed by atoms with Crippen molar-refractivity contribution >= 4 is 17.0 Å². The van der Waals surface area contributed by atoms with Crippen LogP contribution in [-0.2, 0) is 4.74 Å². The van der Waals surface area contributed by atoms with E-state index in [1.807, 2.05) is 6.26 Å². The van der Waals surface area contributed by atoms with Gasteiger partial charge in [-0.2, -0.15) is 0 Å². The lowest BCUT2D eigenvalue weighted by Crippen LogP contribution is -1.97. The normalized spacial score (nSPS) is 20.4. The molecule has 1 aliphatic heterocycles. The summed E-state index contributed by atoms with van der Waals surface area (Å²) in [7, 11) is 0. The minimum atomic E-state index is -0.221. The van der Waals surface area contributed by atoms with Crippen molar-refractivity contribution in [3.05, 3.63) is 35.6 Å². The van der Waals surface area contributed by atoms with Crippen LogP contribution in [0.1, 0.15) is 11.6 Å². The molecule has 1 aromatic rings. The van der Waals surface area contributed by atoms with Crippen LogP contribution in [0.5, 0.6) is 0 Å². The minimum Gasteiger partial charge on any atom is -0.470 e. The molecule has 1 aliphatic rings. The van der Waals surface area contributed by atoms with Crippen LogP contribution in [-0.4, -0.2) is 18.1 Å². The van der Waals surface area contributed by atoms with E-state index < -0.39 is 0 Å². The van der Waals surface area contributed by atoms with Crippen LogP contribution in [0.4, 0.5) is 4.39 Å². The van der Waals surface area contributed by atoms with Crippen molar-refractivity contribution in [1.82, 2.24) is 0 Å². The number of ether oxygens (including phenoxy) is 1. The van der Waals surface area contributed by atoms with Gasteiger partial charge in [-0.05, 0) is 24.0 Å². The fraction of sp³-hybridized carbons (Fsp3) is 0.300. The summed E-state index contributed by atoms with van der Waals surface area (Å²) in [5.74, 6) is -0.221. The fourth-order valence-electron chi connectivity index (χ4n) is 1.32. The second kappa shape index (κ2) is 4.00. The first-order valence-electron chi connectivity index (χ1n) is 4.29. The molecule has 0 amide bonds. The maximum Gasteiger partial charge on any atom is 0.246 e. The second-order valence-electron chi connectivity index (χ2n) is 2.98. The van der Waals surface area contributed by atoms with E-state index in [4.69, 9.17) is 4.74 Å². The zero-order chi connectivity index (χ0) is 9.97. The number of aliphatic imine (C=N–C) groups is 1. The quantitative estimate of drug-likeness (QED) is 0.712. The molecule has 4 heteroatoms. The first-order valence-corrected chi connectivity index (χ1v) is 5.52. The Balaban J connectivity index is 2.17. The predicted octanol–water partition coefficient (Wildman–Crippen LogP) is 2.62. The minimum absolute atomic E-state index is 0.0260. The number of nitrogens with zero attached hydrogens (tertiary/aromatic N) is 1. The van der Waals surface area contributed by atoms with Crippen molar-refractivity contribution in [3.8, 4) is 0 Å². The van der Waals surface area contributed by atoms with Crippen LogP contribution in [0, 0.1) is 5.82 Å². The third-order valence-corrected chi connectivity index (χ3v) is 2.63. The maximum atomic E-state index is 12.6. The van der Waals surface area contributed by atoms with Gasteiger partial charge in [0.25, 0.3) is 0 Å². The van der Waals surface area contributed by atoms with Crippen molar-refractivity contribution in [2.75, 3.05) is 12.9 Å². The van der Waals surface area contributed by atoms with E-state index in [9.17, 15) is 4.39 Å². The van der Waals surface area contributed by atoms with E-state index in [1.165, 1.54) is 23.9 Å². The fourth-order valence-corrected chi connectivity index (χ4v) is 1.74. The summed E-state index contributed by atoms with van der Waals surface area (Å²) in [5, 5.41) is 0.708. The molecule has 0 radical (unpaired) electrons. The van der Waals surface area contributed by atoms with Crippen molar-refractivity contribution in [2.45, 2.75) is 6.04 Å². The van der Waals surface area contributed by atoms with Crippen LogP contribution in [0.2, 0.25) is 0 Å². The lowest BCUT2D eigenvalue weighted by molar-refractivity contribution is 0.326. The van der Waals surface area contributed by atoms with Gasteiger partial charge in [0.15, 0.2) is 0 Å². The van der Waals surface area contributed by atoms with Gasteiger partial charge in [0.1, 0.15) is 18.5 Å². The topological polar surface area (TPSA) is 21.6 Å². The van der Waals surface area contributed by atoms with Gasteiger partial charge in [-0.15, -0.1) is 0 Å². The van der Waals surface area contributed by atoms with Crippen LogP contribution in [0.3, 0.4) is 0 Å². The Labute approximate surface area is 86.2 Å². The highest BCUT2D eigenvalue weighted by Crippen LogP contribution is 2.25. The number of hydrogen-bond acceptors (Lipinski definition) is 3. The molecule has 0 N–H and O–H groups in total. The molecule has 0 spiro atoms. The number of benzene rings is 1. The lowest BCUT2D eigenvalue weighted by Gasteiger charge is -2.03. The highest BCUT2D eigenvalue weighted by Gasteiger charge is 2.19. The third-order valence-electron chi connectivity index (χ3n) is 2.06. The van der Waals surface area contributed by atoms with Crippen LogP contribution in [0.25, 0.3) is 0 Å². The maximum absolute atomic E-state index is 12.6. The predicted molar refractivity (Wildman–Crippen MR) is 56.0 cm³/mol. The van der Waals surface area contributed by atoms with Gasteiger partial charge in [0.2, 0.25) is 5.23 Å². The van der Waals surface area contributed by atoms with E-state index in [-0.39, 0.29) is 11.9 Å². The van der Waals surface area contributed by atoms with E-state index >= 15 is 0 Å². The average molecular weight is 211 g/mol. The average Bonchev–Trinajstić information content (AvgIpc) is 2.67. The molecule has 2 nitrogen and oxygen atoms in total. The third kappa shape index (κ3) is 1.90. The molecule has 0 aliphatic carbocycles. The number of hydrogen-bond donors (Lipinski definition) is 0. The summed E-state index contributed by atoms with van der Waals surface area (Å²) in [5.41, 5.74) is 0.996. The SMILES string of the molecule is CSC1=N[C@@H](c2ccc(F)cc2)CO1. The lowest BCUT2D eigenvalue weighted by atomic mass is 10.1. The van der Waals surface area contributed by atoms with Gasteiger partial charge in [0, 0.05) is 0 Å². The summed E-state index contributed by atoms with van der Waals surface area (Å²) in [6, 6.07) is 6.41. The zero-order valence-electron chi connectivity index (χ0n) is 7.74. The van der Waals surface area contributed by atoms with Crippen molar-refractivity contribution < 1.29 is 9.13 Å². The van der Waals surface area contributed by atoms with Crippen LogP contribution < -0.4 is 0 Å². The molecular formula is C10H10FNOS. The molecule has 0 fully saturated rings. The first kappa shape index (κ1) is 9.52. The van der Waals surface area contributed by atoms with Gasteiger partial charge in [-0.3, -0.25) is 0 Å². The van der Waals surface area contributed by atoms with Gasteiger partial charge in [-0.1, -0.05) is 23.9 Å². The Morgan fingerprint density at radius 1 is 1.43 bits per heavy atom. The Kier molecular flexibility index (Phi) is 2.72. The number of rotatable bonds is 1. The van der Waals surface area contributed by atoms with Crippen molar-refractivity contribution in [3.63, 3.8) is 0 Å². The van der Waals surface area contributed by atoms with Gasteiger partial charge >= 0.3 is 0 Å². The number of thioether (sulfide) groups is 1. The van der Waals surface area contributed by atoms with Crippen LogP contribution >= 0.6 is 11.8 Å². The molecule has 14 heavy (non-hydrogen) atoms. The molecular weight excluding hydrogens is 201 g/mol. The highest BCUT2D eigenvalue weighted by atomic mass is 32.2. The largest absolute Gasteiger partial charge is 0.470 e. The highest BCUT2D eigenvalue weighted by molar-refractivity contribution is 8.12. The zero-order valence-corrected chi connectivity index (χ0v) is 8.55. The monoisotopic (exact) mass is 211 g/mol. The Morgan fingerprint density at radius 3 is 2.71 bits per heavy atom. The summed E-state index contributed by atoms with van der Waals surface area (Å²) >= 11 is 1.49. The summed E-state index contributed by atoms with van der Waals surface area (Å²) < 4.78 is 18.0. The van der Waals surface area contributed by atoms with Crippen molar-refractivity contribution in [1.29, 1.82) is 0 Å². The molecule has 1 atom stereocenters. The van der Waals surface area contributed by atoms with Crippen LogP contribution in [0.15, 0.2) is 29.3 Å². The standard InChI is InChI=1S/C10H10FNOS/c1-14-10-12-9(6-13-10)7-2-4-8(11)5-3-7/h2-5,9H,6H2,1H3/t9-/m1/s1. The van der Waals surface area contributed by atoms with E-state index in [2.05, 4.69) is 4.99 Å². The van der Waals surface area contributed by atoms with E-state index in [0.717, 1.165) is 5.56 Å². The van der Waals surface area contributed by atoms with Gasteiger partial charge in [-0.25, -0.2) is 9.38 Å². The first-order chi connectivity index (χ1) is 6.79. The molecule has 0 unspecified atom stereocenters. The second-order valence-corrected chi connectivity index (χ2v) is 3.73. The van der Waals surface area contributed by atoms with Crippen molar-refractivity contribution in [2.24, 2.45) is 4.99 Å². The molecule has 0 saturated heterocycles. The molecule has 1 aromatic carbocycles. The Bertz CT molecular complexity index is 350. The molecule has 1 heterocycles. The van der Waals surface area contributed by atoms with Gasteiger partial charge in [0.05, 0.1) is 0 Å². The van der Waals surface area contributed by atoms with E-state index in [0.29, 0.717) is 11.8 Å². The number of halogens is 1. The molecule has 0 bridgehead atoms. The Hall–Kier alpha value is -1.03. The summed E-state index contributed by atoms with van der Waals surface area (Å²) in [6.07, 6.45) is 1.92. The smallest absolute Gasteiger partial charge is 0.246 e. The molecule has 0 saturated carbocycles. The summed E-state index contributed by atoms with van der Waals surface area (Å²) in [4.78, 5) is 4.34. The van der Waals surface area contributed by atoms with Gasteiger partial charge < -0.3 is 4.74 Å².